The van der Waals surface area contributed by atoms with Crippen LogP contribution in [0.3, 0.4) is 0 Å². The summed E-state index contributed by atoms with van der Waals surface area (Å²) in [4.78, 5) is 17.7. The topological polar surface area (TPSA) is 55.1 Å². The minimum Gasteiger partial charge on any atom is -0.456 e. The van der Waals surface area contributed by atoms with E-state index in [-0.39, 0.29) is 6.04 Å². The van der Waals surface area contributed by atoms with E-state index < -0.39 is 0 Å². The van der Waals surface area contributed by atoms with Gasteiger partial charge in [0.1, 0.15) is 11.2 Å². The number of nitrogens with zero attached hydrogens (tertiary/aromatic N) is 4. The monoisotopic (exact) mass is 742 g/mol. The number of rotatable bonds is 5. The number of hydrogen-bond acceptors (Lipinski definition) is 5. The molecule has 0 saturated heterocycles. The van der Waals surface area contributed by atoms with Gasteiger partial charge < -0.3 is 9.32 Å². The molecule has 58 heavy (non-hydrogen) atoms. The highest BCUT2D eigenvalue weighted by molar-refractivity contribution is 6.25. The van der Waals surface area contributed by atoms with Crippen LogP contribution in [0.25, 0.3) is 90.2 Å². The van der Waals surface area contributed by atoms with E-state index in [1.165, 1.54) is 27.4 Å². The Balaban J connectivity index is 1.00. The molecule has 2 aromatic heterocycles. The highest BCUT2D eigenvalue weighted by atomic mass is 16.3. The molecule has 0 bridgehead atoms. The van der Waals surface area contributed by atoms with Crippen molar-refractivity contribution in [3.8, 4) is 45.3 Å². The van der Waals surface area contributed by atoms with Crippen LogP contribution in [0.15, 0.2) is 186 Å². The number of furan rings is 1. The molecule has 2 aliphatic rings. The molecule has 8 aromatic carbocycles. The summed E-state index contributed by atoms with van der Waals surface area (Å²) in [6.07, 6.45) is 4.88. The van der Waals surface area contributed by atoms with Crippen LogP contribution in [0, 0.1) is 0 Å². The van der Waals surface area contributed by atoms with Gasteiger partial charge in [-0.1, -0.05) is 164 Å². The second-order valence-electron chi connectivity index (χ2n) is 15.1. The van der Waals surface area contributed by atoms with Gasteiger partial charge in [0, 0.05) is 44.8 Å². The van der Waals surface area contributed by atoms with Crippen molar-refractivity contribution in [1.29, 1.82) is 0 Å². The first-order valence-electron chi connectivity index (χ1n) is 19.8. The molecular formula is C53H34N4O. The van der Waals surface area contributed by atoms with Crippen LogP contribution in [0.1, 0.15) is 11.5 Å². The van der Waals surface area contributed by atoms with Crippen molar-refractivity contribution in [3.63, 3.8) is 0 Å². The van der Waals surface area contributed by atoms with Crippen LogP contribution in [0.5, 0.6) is 0 Å². The quantitative estimate of drug-likeness (QED) is 0.176. The van der Waals surface area contributed by atoms with Crippen molar-refractivity contribution in [1.82, 2.24) is 15.0 Å². The lowest BCUT2D eigenvalue weighted by atomic mass is 9.89. The van der Waals surface area contributed by atoms with Crippen LogP contribution in [0.4, 0.5) is 11.4 Å². The third-order valence-corrected chi connectivity index (χ3v) is 11.8. The third-order valence-electron chi connectivity index (χ3n) is 11.8. The van der Waals surface area contributed by atoms with Crippen molar-refractivity contribution >= 4 is 56.2 Å². The molecule has 0 fully saturated rings. The Morgan fingerprint density at radius 3 is 1.79 bits per heavy atom. The van der Waals surface area contributed by atoms with Gasteiger partial charge in [-0.15, -0.1) is 0 Å². The number of fused-ring (bicyclic) bond motifs is 9. The van der Waals surface area contributed by atoms with E-state index in [1.54, 1.807) is 0 Å². The molecule has 0 N–H and O–H groups in total. The molecule has 1 aliphatic heterocycles. The maximum atomic E-state index is 6.76. The van der Waals surface area contributed by atoms with E-state index in [2.05, 4.69) is 126 Å². The van der Waals surface area contributed by atoms with E-state index in [9.17, 15) is 0 Å². The van der Waals surface area contributed by atoms with Gasteiger partial charge in [-0.3, -0.25) is 0 Å². The lowest BCUT2D eigenvalue weighted by Gasteiger charge is -2.29. The van der Waals surface area contributed by atoms with E-state index >= 15 is 0 Å². The normalized spacial score (nSPS) is 15.5. The summed E-state index contributed by atoms with van der Waals surface area (Å²) < 4.78 is 6.76. The third kappa shape index (κ3) is 5.14. The van der Waals surface area contributed by atoms with Crippen molar-refractivity contribution in [3.05, 3.63) is 198 Å². The minimum atomic E-state index is 0.206. The number of aromatic nitrogens is 3. The van der Waals surface area contributed by atoms with E-state index in [0.717, 1.165) is 60.5 Å². The van der Waals surface area contributed by atoms with Gasteiger partial charge >= 0.3 is 0 Å². The Bertz CT molecular complexity index is 3300. The Kier molecular flexibility index (Phi) is 7.29. The summed E-state index contributed by atoms with van der Waals surface area (Å²) in [6.45, 7) is 0. The molecule has 5 nitrogen and oxygen atoms in total. The molecule has 10 aromatic rings. The first-order valence-corrected chi connectivity index (χ1v) is 19.8. The summed E-state index contributed by atoms with van der Waals surface area (Å²) in [6, 6.07) is 64.0. The smallest absolute Gasteiger partial charge is 0.164 e. The second kappa shape index (κ2) is 13.0. The van der Waals surface area contributed by atoms with Gasteiger partial charge in [0.15, 0.2) is 17.5 Å². The van der Waals surface area contributed by atoms with Crippen LogP contribution >= 0.6 is 0 Å². The molecule has 12 rings (SSSR count). The Hall–Kier alpha value is -7.63. The maximum absolute atomic E-state index is 6.76. The zero-order valence-corrected chi connectivity index (χ0v) is 31.3. The summed E-state index contributed by atoms with van der Waals surface area (Å²) in [7, 11) is 0. The van der Waals surface area contributed by atoms with Crippen molar-refractivity contribution in [2.75, 3.05) is 4.90 Å². The van der Waals surface area contributed by atoms with Gasteiger partial charge in [0.05, 0.1) is 6.04 Å². The fourth-order valence-corrected chi connectivity index (χ4v) is 9.20. The number of hydrogen-bond donors (Lipinski definition) is 0. The number of anilines is 2. The molecule has 0 amide bonds. The molecule has 3 heterocycles. The molecule has 2 unspecified atom stereocenters. The molecule has 5 heteroatoms. The van der Waals surface area contributed by atoms with Gasteiger partial charge in [-0.2, -0.15) is 0 Å². The maximum Gasteiger partial charge on any atom is 0.164 e. The Labute approximate surface area is 334 Å². The fourth-order valence-electron chi connectivity index (χ4n) is 9.20. The molecule has 272 valence electrons. The minimum absolute atomic E-state index is 0.206. The van der Waals surface area contributed by atoms with Gasteiger partial charge in [0.2, 0.25) is 0 Å². The number of benzene rings is 8. The largest absolute Gasteiger partial charge is 0.456 e. The van der Waals surface area contributed by atoms with Gasteiger partial charge in [-0.05, 0) is 68.2 Å². The zero-order chi connectivity index (χ0) is 38.2. The SMILES string of the molecule is C1=c2ccccc2=CC2C1c1ccccc1N2c1ccc(-c2cc3oc4cccc(-c5nc(-c6ccccc6)nc(-c6ccccc6)n5)c4c3c3ccccc23)cc1. The van der Waals surface area contributed by atoms with Crippen molar-refractivity contribution in [2.24, 2.45) is 0 Å². The van der Waals surface area contributed by atoms with E-state index in [4.69, 9.17) is 19.4 Å². The van der Waals surface area contributed by atoms with E-state index in [1.807, 2.05) is 72.8 Å². The molecule has 2 atom stereocenters. The first-order chi connectivity index (χ1) is 28.7. The molecule has 1 aliphatic carbocycles. The Morgan fingerprint density at radius 1 is 0.431 bits per heavy atom. The lowest BCUT2D eigenvalue weighted by Crippen LogP contribution is -2.38. The Morgan fingerprint density at radius 2 is 1.05 bits per heavy atom. The highest BCUT2D eigenvalue weighted by Gasteiger charge is 2.37. The zero-order valence-electron chi connectivity index (χ0n) is 31.3. The molecular weight excluding hydrogens is 709 g/mol. The molecule has 0 saturated carbocycles. The van der Waals surface area contributed by atoms with Gasteiger partial charge in [0.25, 0.3) is 0 Å². The highest BCUT2D eigenvalue weighted by Crippen LogP contribution is 2.48. The predicted molar refractivity (Wildman–Crippen MR) is 236 cm³/mol. The van der Waals surface area contributed by atoms with Crippen LogP contribution in [-0.4, -0.2) is 21.0 Å². The summed E-state index contributed by atoms with van der Waals surface area (Å²) in [5.41, 5.74) is 10.4. The van der Waals surface area contributed by atoms with Crippen LogP contribution in [-0.2, 0) is 0 Å². The first kappa shape index (κ1) is 32.6. The van der Waals surface area contributed by atoms with Crippen molar-refractivity contribution < 1.29 is 4.42 Å². The van der Waals surface area contributed by atoms with E-state index in [0.29, 0.717) is 23.4 Å². The summed E-state index contributed by atoms with van der Waals surface area (Å²) in [5, 5.41) is 6.91. The summed E-state index contributed by atoms with van der Waals surface area (Å²) >= 11 is 0. The summed E-state index contributed by atoms with van der Waals surface area (Å²) in [5.74, 6) is 2.15. The van der Waals surface area contributed by atoms with Crippen LogP contribution in [0.2, 0.25) is 0 Å². The molecule has 0 radical (unpaired) electrons. The average Bonchev–Trinajstić information content (AvgIpc) is 3.84. The van der Waals surface area contributed by atoms with Gasteiger partial charge in [-0.25, -0.2) is 15.0 Å². The number of para-hydroxylation sites is 1. The predicted octanol–water partition coefficient (Wildman–Crippen LogP) is 11.5. The van der Waals surface area contributed by atoms with Crippen molar-refractivity contribution in [2.45, 2.75) is 12.0 Å². The van der Waals surface area contributed by atoms with Crippen LogP contribution < -0.4 is 15.3 Å². The average molecular weight is 743 g/mol. The lowest BCUT2D eigenvalue weighted by molar-refractivity contribution is 0.669. The second-order valence-corrected chi connectivity index (χ2v) is 15.1. The fraction of sp³-hybridized carbons (Fsp3) is 0.0377. The standard InChI is InChI=1S/C53H34N4O/c1-3-14-34(15-4-1)51-54-52(35-16-5-2-6-17-35)56-53(55-51)42-23-13-25-47-50(42)49-41-22-10-9-20-39(41)43(32-48(49)58-47)33-26-28-38(29-27-33)57-45-24-12-11-21-40(45)44-30-36-18-7-8-19-37(36)31-46(44)57/h1-32,44,46H. The molecule has 0 spiro atoms.